The van der Waals surface area contributed by atoms with E-state index in [2.05, 4.69) is 5.32 Å². The molecule has 0 bridgehead atoms. The largest absolute Gasteiger partial charge is 0.387 e. The number of nitrogens with one attached hydrogen (secondary N) is 1. The van der Waals surface area contributed by atoms with Crippen LogP contribution in [0, 0.1) is 0 Å². The number of para-hydroxylation sites is 1. The molecule has 0 aliphatic carbocycles. The zero-order valence-electron chi connectivity index (χ0n) is 11.5. The third-order valence-corrected chi connectivity index (χ3v) is 5.41. The minimum absolute atomic E-state index is 0.0624. The first-order chi connectivity index (χ1) is 8.82. The maximum atomic E-state index is 12.0. The Hall–Kier alpha value is -0.720. The highest BCUT2D eigenvalue weighted by atomic mass is 32.2. The van der Waals surface area contributed by atoms with Gasteiger partial charge in [0, 0.05) is 12.3 Å². The number of aliphatic hydroxyl groups is 1. The summed E-state index contributed by atoms with van der Waals surface area (Å²) in [5, 5.41) is 13.1. The summed E-state index contributed by atoms with van der Waals surface area (Å²) in [7, 11) is -3.26. The first kappa shape index (κ1) is 16.3. The lowest BCUT2D eigenvalue weighted by atomic mass is 10.1. The topological polar surface area (TPSA) is 66.4 Å². The lowest BCUT2D eigenvalue weighted by Gasteiger charge is -2.24. The highest BCUT2D eigenvalue weighted by Crippen LogP contribution is 2.23. The summed E-state index contributed by atoms with van der Waals surface area (Å²) in [6, 6.07) is 6.79. The highest BCUT2D eigenvalue weighted by Gasteiger charge is 2.21. The average Bonchev–Trinajstić information content (AvgIpc) is 2.37. The van der Waals surface area contributed by atoms with Crippen molar-refractivity contribution in [2.24, 2.45) is 0 Å². The summed E-state index contributed by atoms with van der Waals surface area (Å²) >= 11 is 1.55. The van der Waals surface area contributed by atoms with Gasteiger partial charge in [-0.3, -0.25) is 0 Å². The van der Waals surface area contributed by atoms with E-state index >= 15 is 0 Å². The van der Waals surface area contributed by atoms with Crippen molar-refractivity contribution in [1.29, 1.82) is 0 Å². The minimum Gasteiger partial charge on any atom is -0.387 e. The molecule has 0 heterocycles. The molecule has 108 valence electrons. The van der Waals surface area contributed by atoms with Crippen LogP contribution in [0.15, 0.2) is 29.2 Å². The molecule has 0 spiro atoms. The number of anilines is 1. The lowest BCUT2D eigenvalue weighted by Crippen LogP contribution is -2.36. The van der Waals surface area contributed by atoms with Gasteiger partial charge in [-0.15, -0.1) is 0 Å². The van der Waals surface area contributed by atoms with Crippen molar-refractivity contribution in [3.8, 4) is 0 Å². The first-order valence-electron chi connectivity index (χ1n) is 6.09. The number of benzene rings is 1. The van der Waals surface area contributed by atoms with Crippen molar-refractivity contribution in [2.75, 3.05) is 29.6 Å². The molecule has 0 amide bonds. The molecule has 0 aromatic heterocycles. The van der Waals surface area contributed by atoms with Gasteiger partial charge in [-0.2, -0.15) is 11.8 Å². The molecule has 0 aliphatic heterocycles. The third kappa shape index (κ3) is 4.71. The second kappa shape index (κ2) is 6.63. The fourth-order valence-corrected chi connectivity index (χ4v) is 3.48. The summed E-state index contributed by atoms with van der Waals surface area (Å²) in [4.78, 5) is 0.289. The van der Waals surface area contributed by atoms with Crippen LogP contribution in [0.2, 0.25) is 0 Å². The number of hydrogen-bond acceptors (Lipinski definition) is 5. The summed E-state index contributed by atoms with van der Waals surface area (Å²) in [5.41, 5.74) is -0.326. The van der Waals surface area contributed by atoms with Crippen LogP contribution in [0.1, 0.15) is 13.8 Å². The van der Waals surface area contributed by atoms with E-state index in [0.29, 0.717) is 18.0 Å². The molecule has 1 aromatic carbocycles. The smallest absolute Gasteiger partial charge is 0.180 e. The fraction of sp³-hybridized carbons (Fsp3) is 0.538. The highest BCUT2D eigenvalue weighted by molar-refractivity contribution is 7.98. The van der Waals surface area contributed by atoms with Crippen LogP contribution in [-0.4, -0.2) is 43.4 Å². The van der Waals surface area contributed by atoms with Crippen LogP contribution < -0.4 is 5.32 Å². The van der Waals surface area contributed by atoms with E-state index in [0.717, 1.165) is 0 Å². The Labute approximate surface area is 119 Å². The Balaban J connectivity index is 2.91. The average molecular weight is 303 g/mol. The van der Waals surface area contributed by atoms with Crippen molar-refractivity contribution < 1.29 is 13.5 Å². The molecular weight excluding hydrogens is 282 g/mol. The van der Waals surface area contributed by atoms with Crippen molar-refractivity contribution in [2.45, 2.75) is 24.3 Å². The molecule has 2 N–H and O–H groups in total. The number of thioether (sulfide) groups is 1. The van der Waals surface area contributed by atoms with Gasteiger partial charge < -0.3 is 10.4 Å². The van der Waals surface area contributed by atoms with Crippen molar-refractivity contribution >= 4 is 27.3 Å². The van der Waals surface area contributed by atoms with Gasteiger partial charge in [0.1, 0.15) is 0 Å². The van der Waals surface area contributed by atoms with Crippen LogP contribution >= 0.6 is 11.8 Å². The molecule has 1 atom stereocenters. The van der Waals surface area contributed by atoms with Gasteiger partial charge in [0.25, 0.3) is 0 Å². The maximum absolute atomic E-state index is 12.0. The molecule has 0 saturated heterocycles. The minimum atomic E-state index is -3.26. The summed E-state index contributed by atoms with van der Waals surface area (Å²) in [5.74, 6) is 0.648. The SMILES string of the molecule is CCS(=O)(=O)c1ccccc1NCC(C)(O)CSC. The molecule has 0 fully saturated rings. The van der Waals surface area contributed by atoms with E-state index in [1.165, 1.54) is 0 Å². The molecule has 0 aliphatic rings. The standard InChI is InChI=1S/C13H21NO3S2/c1-4-19(16,17)12-8-6-5-7-11(12)14-9-13(2,15)10-18-3/h5-8,14-15H,4,9-10H2,1-3H3. The van der Waals surface area contributed by atoms with Crippen molar-refractivity contribution in [1.82, 2.24) is 0 Å². The summed E-state index contributed by atoms with van der Waals surface area (Å²) < 4.78 is 23.9. The number of rotatable bonds is 7. The van der Waals surface area contributed by atoms with E-state index in [9.17, 15) is 13.5 Å². The maximum Gasteiger partial charge on any atom is 0.180 e. The Morgan fingerprint density at radius 1 is 1.37 bits per heavy atom. The molecule has 0 radical (unpaired) electrons. The normalized spacial score (nSPS) is 14.9. The van der Waals surface area contributed by atoms with Gasteiger partial charge in [-0.1, -0.05) is 19.1 Å². The molecule has 1 aromatic rings. The molecule has 19 heavy (non-hydrogen) atoms. The van der Waals surface area contributed by atoms with Crippen molar-refractivity contribution in [3.63, 3.8) is 0 Å². The van der Waals surface area contributed by atoms with Gasteiger partial charge in [-0.25, -0.2) is 8.42 Å². The van der Waals surface area contributed by atoms with Crippen LogP contribution in [0.25, 0.3) is 0 Å². The van der Waals surface area contributed by atoms with Gasteiger partial charge >= 0.3 is 0 Å². The Bertz CT molecular complexity index is 512. The summed E-state index contributed by atoms with van der Waals surface area (Å²) in [6.07, 6.45) is 1.92. The van der Waals surface area contributed by atoms with E-state index in [1.807, 2.05) is 6.26 Å². The van der Waals surface area contributed by atoms with Crippen LogP contribution in [0.4, 0.5) is 5.69 Å². The van der Waals surface area contributed by atoms with Crippen LogP contribution in [-0.2, 0) is 9.84 Å². The zero-order valence-corrected chi connectivity index (χ0v) is 13.1. The Morgan fingerprint density at radius 3 is 2.58 bits per heavy atom. The molecule has 4 nitrogen and oxygen atoms in total. The monoisotopic (exact) mass is 303 g/mol. The number of sulfone groups is 1. The first-order valence-corrected chi connectivity index (χ1v) is 9.14. The molecule has 1 rings (SSSR count). The third-order valence-electron chi connectivity index (χ3n) is 2.72. The molecule has 6 heteroatoms. The molecule has 0 saturated carbocycles. The van der Waals surface area contributed by atoms with E-state index < -0.39 is 15.4 Å². The molecular formula is C13H21NO3S2. The second-order valence-corrected chi connectivity index (χ2v) is 7.80. The fourth-order valence-electron chi connectivity index (χ4n) is 1.69. The second-order valence-electron chi connectivity index (χ2n) is 4.68. The predicted molar refractivity (Wildman–Crippen MR) is 81.7 cm³/mol. The van der Waals surface area contributed by atoms with Crippen molar-refractivity contribution in [3.05, 3.63) is 24.3 Å². The quantitative estimate of drug-likeness (QED) is 0.806. The van der Waals surface area contributed by atoms with Gasteiger partial charge in [0.05, 0.1) is 21.9 Å². The van der Waals surface area contributed by atoms with Crippen LogP contribution in [0.5, 0.6) is 0 Å². The van der Waals surface area contributed by atoms with E-state index in [4.69, 9.17) is 0 Å². The lowest BCUT2D eigenvalue weighted by molar-refractivity contribution is 0.0996. The van der Waals surface area contributed by atoms with E-state index in [-0.39, 0.29) is 10.6 Å². The van der Waals surface area contributed by atoms with Crippen LogP contribution in [0.3, 0.4) is 0 Å². The Kier molecular flexibility index (Phi) is 5.70. The van der Waals surface area contributed by atoms with Gasteiger partial charge in [0.2, 0.25) is 0 Å². The zero-order chi connectivity index (χ0) is 14.5. The predicted octanol–water partition coefficient (Wildman–Crippen LogP) is 2.01. The Morgan fingerprint density at radius 2 is 2.00 bits per heavy atom. The summed E-state index contributed by atoms with van der Waals surface area (Å²) in [6.45, 7) is 3.66. The molecule has 1 unspecified atom stereocenters. The number of hydrogen-bond donors (Lipinski definition) is 2. The van der Waals surface area contributed by atoms with E-state index in [1.54, 1.807) is 49.9 Å². The van der Waals surface area contributed by atoms with Gasteiger partial charge in [-0.05, 0) is 25.3 Å². The van der Waals surface area contributed by atoms with Gasteiger partial charge in [0.15, 0.2) is 9.84 Å².